The maximum Gasteiger partial charge on any atom is 0.331 e. The van der Waals surface area contributed by atoms with Crippen molar-refractivity contribution in [1.29, 1.82) is 0 Å². The second-order valence-electron chi connectivity index (χ2n) is 5.99. The van der Waals surface area contributed by atoms with E-state index >= 15 is 0 Å². The van der Waals surface area contributed by atoms with Gasteiger partial charge in [-0.1, -0.05) is 0 Å². The predicted molar refractivity (Wildman–Crippen MR) is 85.5 cm³/mol. The number of amides is 1. The van der Waals surface area contributed by atoms with Gasteiger partial charge >= 0.3 is 5.97 Å². The third-order valence-electron chi connectivity index (χ3n) is 3.94. The summed E-state index contributed by atoms with van der Waals surface area (Å²) < 4.78 is 10.4. The molecule has 1 aromatic carbocycles. The minimum Gasteiger partial charge on any atom is -0.479 e. The lowest BCUT2D eigenvalue weighted by molar-refractivity contribution is -0.149. The molecule has 0 aliphatic rings. The van der Waals surface area contributed by atoms with Crippen LogP contribution in [0.4, 0.5) is 0 Å². The molecule has 0 saturated carbocycles. The second kappa shape index (κ2) is 6.42. The van der Waals surface area contributed by atoms with E-state index in [1.165, 1.54) is 20.3 Å². The zero-order chi connectivity index (χ0) is 17.2. The van der Waals surface area contributed by atoms with E-state index in [4.69, 9.17) is 9.15 Å². The summed E-state index contributed by atoms with van der Waals surface area (Å²) >= 11 is 0. The Kier molecular flexibility index (Phi) is 4.75. The van der Waals surface area contributed by atoms with Gasteiger partial charge in [-0.2, -0.15) is 0 Å². The van der Waals surface area contributed by atoms with Gasteiger partial charge < -0.3 is 19.6 Å². The monoisotopic (exact) mass is 319 g/mol. The van der Waals surface area contributed by atoms with Gasteiger partial charge in [0.15, 0.2) is 5.54 Å². The minimum absolute atomic E-state index is 0.0437. The SMILES string of the molecule is COCC(C)(NC(=O)Cc1coc2cc(C)c(C)cc12)C(=O)O. The smallest absolute Gasteiger partial charge is 0.331 e. The van der Waals surface area contributed by atoms with E-state index in [1.807, 2.05) is 26.0 Å². The predicted octanol–water partition coefficient (Wildman–Crippen LogP) is 2.20. The highest BCUT2D eigenvalue weighted by Gasteiger charge is 2.35. The lowest BCUT2D eigenvalue weighted by atomic mass is 10.0. The molecule has 124 valence electrons. The number of fused-ring (bicyclic) bond motifs is 1. The summed E-state index contributed by atoms with van der Waals surface area (Å²) in [5.74, 6) is -1.54. The molecule has 0 radical (unpaired) electrons. The second-order valence-corrected chi connectivity index (χ2v) is 5.99. The quantitative estimate of drug-likeness (QED) is 0.852. The number of hydrogen-bond acceptors (Lipinski definition) is 4. The molecule has 1 aromatic heterocycles. The maximum absolute atomic E-state index is 12.2. The first-order valence-electron chi connectivity index (χ1n) is 7.27. The normalized spacial score (nSPS) is 13.7. The van der Waals surface area contributed by atoms with Crippen molar-refractivity contribution in [3.63, 3.8) is 0 Å². The summed E-state index contributed by atoms with van der Waals surface area (Å²) in [5, 5.41) is 12.6. The van der Waals surface area contributed by atoms with Crippen LogP contribution in [0.5, 0.6) is 0 Å². The molecule has 2 N–H and O–H groups in total. The number of nitrogens with one attached hydrogen (secondary N) is 1. The molecule has 2 rings (SSSR count). The highest BCUT2D eigenvalue weighted by atomic mass is 16.5. The van der Waals surface area contributed by atoms with Crippen LogP contribution in [0.15, 0.2) is 22.8 Å². The lowest BCUT2D eigenvalue weighted by Gasteiger charge is -2.25. The highest BCUT2D eigenvalue weighted by molar-refractivity contribution is 5.91. The molecule has 6 heteroatoms. The van der Waals surface area contributed by atoms with E-state index in [9.17, 15) is 14.7 Å². The Morgan fingerprint density at radius 3 is 2.57 bits per heavy atom. The zero-order valence-corrected chi connectivity index (χ0v) is 13.7. The fraction of sp³-hybridized carbons (Fsp3) is 0.412. The summed E-state index contributed by atoms with van der Waals surface area (Å²) in [4.78, 5) is 23.6. The Morgan fingerprint density at radius 2 is 1.96 bits per heavy atom. The zero-order valence-electron chi connectivity index (χ0n) is 13.7. The molecule has 0 aliphatic heterocycles. The van der Waals surface area contributed by atoms with Crippen LogP contribution in [-0.4, -0.2) is 36.2 Å². The number of carbonyl (C=O) groups is 2. The van der Waals surface area contributed by atoms with E-state index in [0.717, 1.165) is 22.1 Å². The Hall–Kier alpha value is -2.34. The number of aliphatic carboxylic acids is 1. The van der Waals surface area contributed by atoms with Crippen molar-refractivity contribution in [2.24, 2.45) is 0 Å². The van der Waals surface area contributed by atoms with Crippen LogP contribution in [0, 0.1) is 13.8 Å². The average Bonchev–Trinajstić information content (AvgIpc) is 2.81. The van der Waals surface area contributed by atoms with Gasteiger partial charge in [-0.05, 0) is 44.0 Å². The number of ether oxygens (including phenoxy) is 1. The van der Waals surface area contributed by atoms with E-state index in [-0.39, 0.29) is 13.0 Å². The highest BCUT2D eigenvalue weighted by Crippen LogP contribution is 2.25. The number of carboxylic acid groups (broad SMARTS) is 1. The number of methoxy groups -OCH3 is 1. The maximum atomic E-state index is 12.2. The first-order valence-corrected chi connectivity index (χ1v) is 7.27. The number of furan rings is 1. The van der Waals surface area contributed by atoms with Crippen molar-refractivity contribution in [3.8, 4) is 0 Å². The summed E-state index contributed by atoms with van der Waals surface area (Å²) in [6.07, 6.45) is 1.58. The van der Waals surface area contributed by atoms with E-state index in [2.05, 4.69) is 5.32 Å². The number of rotatable bonds is 6. The summed E-state index contributed by atoms with van der Waals surface area (Å²) in [7, 11) is 1.39. The lowest BCUT2D eigenvalue weighted by Crippen LogP contribution is -2.55. The van der Waals surface area contributed by atoms with Gasteiger partial charge in [0.2, 0.25) is 5.91 Å². The Morgan fingerprint density at radius 1 is 1.30 bits per heavy atom. The van der Waals surface area contributed by atoms with Gasteiger partial charge in [0.25, 0.3) is 0 Å². The number of hydrogen-bond donors (Lipinski definition) is 2. The minimum atomic E-state index is -1.46. The molecule has 0 spiro atoms. The molecule has 0 aliphatic carbocycles. The molecule has 2 aromatic rings. The largest absolute Gasteiger partial charge is 0.479 e. The van der Waals surface area contributed by atoms with Crippen molar-refractivity contribution in [2.75, 3.05) is 13.7 Å². The van der Waals surface area contributed by atoms with E-state index in [1.54, 1.807) is 0 Å². The van der Waals surface area contributed by atoms with Crippen LogP contribution >= 0.6 is 0 Å². The van der Waals surface area contributed by atoms with E-state index in [0.29, 0.717) is 5.58 Å². The summed E-state index contributed by atoms with van der Waals surface area (Å²) in [5.41, 5.74) is 2.20. The molecule has 0 saturated heterocycles. The molecule has 0 fully saturated rings. The fourth-order valence-electron chi connectivity index (χ4n) is 2.44. The van der Waals surface area contributed by atoms with E-state index < -0.39 is 17.4 Å². The molecule has 1 unspecified atom stereocenters. The summed E-state index contributed by atoms with van der Waals surface area (Å²) in [6, 6.07) is 3.90. The van der Waals surface area contributed by atoms with Gasteiger partial charge in [0.05, 0.1) is 19.3 Å². The fourth-order valence-corrected chi connectivity index (χ4v) is 2.44. The van der Waals surface area contributed by atoms with Gasteiger partial charge in [-0.25, -0.2) is 4.79 Å². The van der Waals surface area contributed by atoms with Crippen molar-refractivity contribution < 1.29 is 23.8 Å². The Bertz CT molecular complexity index is 749. The molecule has 1 heterocycles. The molecule has 1 atom stereocenters. The Balaban J connectivity index is 2.20. The van der Waals surface area contributed by atoms with Crippen molar-refractivity contribution in [2.45, 2.75) is 32.7 Å². The molecular formula is C17H21NO5. The molecule has 1 amide bonds. The van der Waals surface area contributed by atoms with Crippen LogP contribution in [0.2, 0.25) is 0 Å². The van der Waals surface area contributed by atoms with Gasteiger partial charge in [-0.15, -0.1) is 0 Å². The summed E-state index contributed by atoms with van der Waals surface area (Å²) in [6.45, 7) is 5.29. The van der Waals surface area contributed by atoms with Crippen LogP contribution in [0.1, 0.15) is 23.6 Å². The van der Waals surface area contributed by atoms with Crippen LogP contribution < -0.4 is 5.32 Å². The van der Waals surface area contributed by atoms with Gasteiger partial charge in [-0.3, -0.25) is 4.79 Å². The molecule has 6 nitrogen and oxygen atoms in total. The first-order chi connectivity index (χ1) is 10.8. The van der Waals surface area contributed by atoms with Crippen LogP contribution in [-0.2, 0) is 20.7 Å². The number of carboxylic acids is 1. The number of benzene rings is 1. The standard InChI is InChI=1S/C17H21NO5/c1-10-5-13-12(8-23-14(13)6-11(10)2)7-15(19)18-17(3,9-22-4)16(20)21/h5-6,8H,7,9H2,1-4H3,(H,18,19)(H,20,21). The number of carbonyl (C=O) groups excluding carboxylic acids is 1. The third kappa shape index (κ3) is 3.53. The third-order valence-corrected chi connectivity index (χ3v) is 3.94. The van der Waals surface area contributed by atoms with Crippen LogP contribution in [0.25, 0.3) is 11.0 Å². The van der Waals surface area contributed by atoms with Crippen molar-refractivity contribution in [3.05, 3.63) is 35.1 Å². The molecule has 0 bridgehead atoms. The van der Waals surface area contributed by atoms with Gasteiger partial charge in [0, 0.05) is 18.1 Å². The molecular weight excluding hydrogens is 298 g/mol. The van der Waals surface area contributed by atoms with Crippen molar-refractivity contribution in [1.82, 2.24) is 5.32 Å². The van der Waals surface area contributed by atoms with Crippen molar-refractivity contribution >= 4 is 22.8 Å². The number of aryl methyl sites for hydroxylation is 2. The topological polar surface area (TPSA) is 88.8 Å². The van der Waals surface area contributed by atoms with Gasteiger partial charge in [0.1, 0.15) is 5.58 Å². The average molecular weight is 319 g/mol. The molecule has 23 heavy (non-hydrogen) atoms. The Labute approximate surface area is 134 Å². The van der Waals surface area contributed by atoms with Crippen LogP contribution in [0.3, 0.4) is 0 Å². The first kappa shape index (κ1) is 17.0.